The zero-order valence-corrected chi connectivity index (χ0v) is 20.6. The van der Waals surface area contributed by atoms with Crippen molar-refractivity contribution in [2.24, 2.45) is 5.73 Å². The number of amides is 1. The molecule has 0 saturated carbocycles. The summed E-state index contributed by atoms with van der Waals surface area (Å²) in [5, 5.41) is 17.9. The van der Waals surface area contributed by atoms with E-state index in [2.05, 4.69) is 25.7 Å². The molecule has 0 aliphatic rings. The van der Waals surface area contributed by atoms with Crippen LogP contribution in [-0.2, 0) is 17.5 Å². The summed E-state index contributed by atoms with van der Waals surface area (Å²) in [4.78, 5) is 20.9. The maximum atomic E-state index is 14.9. The monoisotopic (exact) mass is 545 g/mol. The van der Waals surface area contributed by atoms with Crippen LogP contribution in [0.5, 0.6) is 0 Å². The Labute approximate surface area is 219 Å². The average Bonchev–Trinajstić information content (AvgIpc) is 3.48. The lowest BCUT2D eigenvalue weighted by Gasteiger charge is -2.13. The molecular formula is C24H23F4N9O2. The fourth-order valence-electron chi connectivity index (χ4n) is 3.93. The molecular weight excluding hydrogens is 522 g/mol. The zero-order valence-electron chi connectivity index (χ0n) is 20.6. The molecule has 4 rings (SSSR count). The van der Waals surface area contributed by atoms with Gasteiger partial charge in [-0.1, -0.05) is 0 Å². The van der Waals surface area contributed by atoms with Gasteiger partial charge >= 0.3 is 6.18 Å². The molecule has 3 aromatic heterocycles. The number of hydrogen-bond donors (Lipinski definition) is 3. The summed E-state index contributed by atoms with van der Waals surface area (Å²) < 4.78 is 63.3. The zero-order chi connectivity index (χ0) is 28.2. The van der Waals surface area contributed by atoms with Crippen LogP contribution >= 0.6 is 0 Å². The molecule has 0 radical (unpaired) electrons. The molecule has 0 unspecified atom stereocenters. The van der Waals surface area contributed by atoms with E-state index in [1.807, 2.05) is 0 Å². The molecule has 0 spiro atoms. The van der Waals surface area contributed by atoms with Gasteiger partial charge in [0.15, 0.2) is 17.2 Å². The Bertz CT molecular complexity index is 1520. The Morgan fingerprint density at radius 2 is 2.05 bits per heavy atom. The Hall–Kier alpha value is -4.55. The van der Waals surface area contributed by atoms with Gasteiger partial charge in [-0.3, -0.25) is 13.9 Å². The lowest BCUT2D eigenvalue weighted by Crippen LogP contribution is -2.29. The number of anilines is 2. The molecule has 4 aromatic rings. The van der Waals surface area contributed by atoms with Gasteiger partial charge in [0.2, 0.25) is 0 Å². The maximum absolute atomic E-state index is 14.9. The molecule has 4 N–H and O–H groups in total. The van der Waals surface area contributed by atoms with Crippen molar-refractivity contribution in [3.05, 3.63) is 59.6 Å². The summed E-state index contributed by atoms with van der Waals surface area (Å²) in [5.41, 5.74) is 4.57. The summed E-state index contributed by atoms with van der Waals surface area (Å²) in [6.45, 7) is 2.30. The van der Waals surface area contributed by atoms with E-state index < -0.39 is 23.6 Å². The first-order valence-corrected chi connectivity index (χ1v) is 11.6. The smallest absolute Gasteiger partial charge is 0.378 e. The van der Waals surface area contributed by atoms with Crippen LogP contribution in [0.15, 0.2) is 36.9 Å². The topological polar surface area (TPSA) is 148 Å². The van der Waals surface area contributed by atoms with Crippen LogP contribution in [0.2, 0.25) is 0 Å². The van der Waals surface area contributed by atoms with Crippen LogP contribution in [0.3, 0.4) is 0 Å². The number of benzene rings is 1. The highest BCUT2D eigenvalue weighted by Crippen LogP contribution is 2.37. The minimum Gasteiger partial charge on any atom is -0.378 e. The fourth-order valence-corrected chi connectivity index (χ4v) is 3.93. The molecule has 11 nitrogen and oxygen atoms in total. The highest BCUT2D eigenvalue weighted by Gasteiger charge is 2.38. The number of fused-ring (bicyclic) bond motifs is 1. The van der Waals surface area contributed by atoms with Crippen molar-refractivity contribution < 1.29 is 27.1 Å². The molecule has 3 heterocycles. The first-order chi connectivity index (χ1) is 18.6. The number of nitrogens with two attached hydrogens (primary N) is 1. The van der Waals surface area contributed by atoms with Crippen LogP contribution in [0.4, 0.5) is 29.1 Å². The number of nitrogens with zero attached hydrogens (tertiary/aromatic N) is 6. The van der Waals surface area contributed by atoms with Crippen LogP contribution in [-0.4, -0.2) is 56.4 Å². The van der Waals surface area contributed by atoms with E-state index in [1.165, 1.54) is 29.1 Å². The second-order valence-corrected chi connectivity index (χ2v) is 8.29. The minimum absolute atomic E-state index is 0.0665. The third-order valence-corrected chi connectivity index (χ3v) is 5.54. The van der Waals surface area contributed by atoms with E-state index in [9.17, 15) is 22.4 Å². The molecule has 39 heavy (non-hydrogen) atoms. The molecule has 0 atom stereocenters. The van der Waals surface area contributed by atoms with Gasteiger partial charge in [0.25, 0.3) is 5.91 Å². The highest BCUT2D eigenvalue weighted by atomic mass is 19.4. The van der Waals surface area contributed by atoms with Gasteiger partial charge in [0.1, 0.15) is 12.4 Å². The number of nitriles is 1. The van der Waals surface area contributed by atoms with Gasteiger partial charge in [-0.2, -0.15) is 23.5 Å². The van der Waals surface area contributed by atoms with Crippen LogP contribution in [0, 0.1) is 24.1 Å². The van der Waals surface area contributed by atoms with Gasteiger partial charge in [0, 0.05) is 37.4 Å². The standard InChI is InChI=1S/C24H23F4N9O2/c1-14-10-15(11-17(25)19(14)23(38)32-5-9-39-8-3-30)34-21-22-33-12-18(37(22)7-4-31-21)16-13-36(6-2-29)35-20(16)24(26,27)28/h4,7,10-13H,3,5-6,8-9,30H2,1H3,(H,31,34)(H,32,38). The molecule has 0 saturated heterocycles. The lowest BCUT2D eigenvalue weighted by molar-refractivity contribution is -0.141. The second-order valence-electron chi connectivity index (χ2n) is 8.29. The number of aromatic nitrogens is 5. The van der Waals surface area contributed by atoms with Crippen molar-refractivity contribution in [3.63, 3.8) is 0 Å². The molecule has 1 aromatic carbocycles. The third kappa shape index (κ3) is 5.97. The van der Waals surface area contributed by atoms with Crippen molar-refractivity contribution in [3.8, 4) is 17.3 Å². The van der Waals surface area contributed by atoms with Crippen molar-refractivity contribution >= 4 is 23.1 Å². The number of carbonyl (C=O) groups is 1. The Morgan fingerprint density at radius 1 is 1.26 bits per heavy atom. The molecule has 204 valence electrons. The summed E-state index contributed by atoms with van der Waals surface area (Å²) >= 11 is 0. The molecule has 15 heteroatoms. The maximum Gasteiger partial charge on any atom is 0.435 e. The van der Waals surface area contributed by atoms with Crippen molar-refractivity contribution in [1.82, 2.24) is 29.5 Å². The second kappa shape index (κ2) is 11.5. The van der Waals surface area contributed by atoms with E-state index in [4.69, 9.17) is 15.7 Å². The number of carbonyl (C=O) groups excluding carboxylic acids is 1. The molecule has 0 aliphatic heterocycles. The van der Waals surface area contributed by atoms with Crippen LogP contribution in [0.1, 0.15) is 21.6 Å². The minimum atomic E-state index is -4.77. The van der Waals surface area contributed by atoms with Crippen molar-refractivity contribution in [1.29, 1.82) is 5.26 Å². The average molecular weight is 546 g/mol. The Balaban J connectivity index is 1.61. The predicted octanol–water partition coefficient (Wildman–Crippen LogP) is 3.03. The molecule has 1 amide bonds. The number of alkyl halides is 3. The van der Waals surface area contributed by atoms with Gasteiger partial charge < -0.3 is 21.1 Å². The number of imidazole rings is 1. The van der Waals surface area contributed by atoms with E-state index >= 15 is 0 Å². The number of ether oxygens (including phenoxy) is 1. The van der Waals surface area contributed by atoms with Gasteiger partial charge in [-0.25, -0.2) is 14.4 Å². The van der Waals surface area contributed by atoms with E-state index in [0.717, 1.165) is 16.9 Å². The quantitative estimate of drug-likeness (QED) is 0.203. The molecule has 0 bridgehead atoms. The number of rotatable bonds is 10. The van der Waals surface area contributed by atoms with E-state index in [1.54, 1.807) is 13.0 Å². The first kappa shape index (κ1) is 27.5. The first-order valence-electron chi connectivity index (χ1n) is 11.6. The number of aryl methyl sites for hydroxylation is 1. The number of nitrogens with one attached hydrogen (secondary N) is 2. The van der Waals surface area contributed by atoms with Crippen LogP contribution in [0.25, 0.3) is 16.9 Å². The SMILES string of the molecule is Cc1cc(Nc2nccn3c(-c4cn(CC#N)nc4C(F)(F)F)cnc23)cc(F)c1C(=O)NCCOCCN. The van der Waals surface area contributed by atoms with Crippen molar-refractivity contribution in [2.75, 3.05) is 31.6 Å². The van der Waals surface area contributed by atoms with E-state index in [-0.39, 0.29) is 53.7 Å². The highest BCUT2D eigenvalue weighted by molar-refractivity contribution is 5.96. The summed E-state index contributed by atoms with van der Waals surface area (Å²) in [5.74, 6) is -1.26. The number of halogens is 4. The molecule has 0 aliphatic carbocycles. The largest absolute Gasteiger partial charge is 0.435 e. The van der Waals surface area contributed by atoms with Crippen LogP contribution < -0.4 is 16.4 Å². The van der Waals surface area contributed by atoms with Gasteiger partial charge in [0.05, 0.1) is 42.3 Å². The van der Waals surface area contributed by atoms with E-state index in [0.29, 0.717) is 18.7 Å². The summed E-state index contributed by atoms with van der Waals surface area (Å²) in [6.07, 6.45) is 0.332. The third-order valence-electron chi connectivity index (χ3n) is 5.54. The Morgan fingerprint density at radius 3 is 2.74 bits per heavy atom. The van der Waals surface area contributed by atoms with Crippen molar-refractivity contribution in [2.45, 2.75) is 19.6 Å². The van der Waals surface area contributed by atoms with Gasteiger partial charge in [-0.05, 0) is 24.6 Å². The molecule has 0 fully saturated rings. The fraction of sp³-hybridized carbons (Fsp3) is 0.292. The normalized spacial score (nSPS) is 11.5. The lowest BCUT2D eigenvalue weighted by atomic mass is 10.1. The number of hydrogen-bond acceptors (Lipinski definition) is 8. The summed E-state index contributed by atoms with van der Waals surface area (Å²) in [7, 11) is 0. The Kier molecular flexibility index (Phi) is 8.07. The predicted molar refractivity (Wildman–Crippen MR) is 131 cm³/mol. The van der Waals surface area contributed by atoms with Gasteiger partial charge in [-0.15, -0.1) is 0 Å². The summed E-state index contributed by atoms with van der Waals surface area (Å²) in [6, 6.07) is 4.40.